The Morgan fingerprint density at radius 3 is 0.550 bits per heavy atom. The molecule has 0 N–H and O–H groups in total. The fourth-order valence-corrected chi connectivity index (χ4v) is 0. The summed E-state index contributed by atoms with van der Waals surface area (Å²) in [5, 5.41) is 29.3. The van der Waals surface area contributed by atoms with Crippen molar-refractivity contribution in [3.8, 4) is 24.3 Å². The molecule has 0 atom stereocenters. The van der Waals surface area contributed by atoms with E-state index in [2.05, 4.69) is 0 Å². The van der Waals surface area contributed by atoms with E-state index in [0.29, 0.717) is 0 Å². The molecule has 0 saturated carbocycles. The molecule has 0 heterocycles. The van der Waals surface area contributed by atoms with Crippen molar-refractivity contribution in [3.05, 3.63) is 0 Å². The van der Waals surface area contributed by atoms with Crippen molar-refractivity contribution in [2.24, 2.45) is 0 Å². The molecule has 0 aliphatic heterocycles. The number of hydrogen-bond donors (Lipinski definition) is 0. The van der Waals surface area contributed by atoms with Gasteiger partial charge in [-0.3, -0.25) is 0 Å². The van der Waals surface area contributed by atoms with Crippen LogP contribution in [0.25, 0.3) is 0 Å². The van der Waals surface area contributed by atoms with Gasteiger partial charge in [0.1, 0.15) is 0 Å². The summed E-state index contributed by atoms with van der Waals surface area (Å²) in [7, 11) is 0. The molecule has 122 valence electrons. The van der Waals surface area contributed by atoms with E-state index >= 15 is 0 Å². The van der Waals surface area contributed by atoms with Crippen LogP contribution in [0.15, 0.2) is 0 Å². The first-order valence-corrected chi connectivity index (χ1v) is 9.70. The second-order valence-electron chi connectivity index (χ2n) is 1.85. The summed E-state index contributed by atoms with van der Waals surface area (Å²) >= 11 is -11.2. The summed E-state index contributed by atoms with van der Waals surface area (Å²) < 4.78 is 59.6. The van der Waals surface area contributed by atoms with Gasteiger partial charge in [-0.05, 0) is 0 Å². The van der Waals surface area contributed by atoms with Crippen molar-refractivity contribution in [2.45, 2.75) is 27.7 Å². The molecule has 0 spiro atoms. The molecule has 0 amide bonds. The Hall–Kier alpha value is -1.12. The molecule has 0 aliphatic rings. The quantitative estimate of drug-likeness (QED) is 0.396. The van der Waals surface area contributed by atoms with E-state index in [1.807, 2.05) is 0 Å². The van der Waals surface area contributed by atoms with Gasteiger partial charge in [0.05, 0.1) is 24.3 Å². The van der Waals surface area contributed by atoms with Gasteiger partial charge in [-0.15, -0.1) is 0 Å². The number of nitriles is 4. The number of nitrogens with zero attached hydrogens (tertiary/aromatic N) is 4. The van der Waals surface area contributed by atoms with Crippen molar-refractivity contribution >= 4 is 19.5 Å². The number of rotatable bonds is 0. The summed E-state index contributed by atoms with van der Waals surface area (Å²) in [6.07, 6.45) is 0. The molecule has 0 unspecified atom stereocenters. The minimum atomic E-state index is -11.2. The van der Waals surface area contributed by atoms with Crippen molar-refractivity contribution in [1.29, 1.82) is 21.0 Å². The van der Waals surface area contributed by atoms with Crippen LogP contribution in [0.5, 0.6) is 0 Å². The van der Waals surface area contributed by atoms with Crippen molar-refractivity contribution < 1.29 is 33.9 Å². The first kappa shape index (κ1) is 36.4. The summed E-state index contributed by atoms with van der Waals surface area (Å²) in [4.78, 5) is 0. The van der Waals surface area contributed by atoms with Crippen LogP contribution in [0, 0.1) is 45.3 Å². The molecule has 0 aromatic rings. The van der Waals surface area contributed by atoms with Gasteiger partial charge in [-0.2, -0.15) is 21.0 Å². The normalized spacial score (nSPS) is 9.70. The van der Waals surface area contributed by atoms with Crippen LogP contribution in [0.2, 0.25) is 0 Å². The van der Waals surface area contributed by atoms with Crippen LogP contribution >= 0.6 is 0 Å². The Balaban J connectivity index is -0.0000000326. The maximum absolute atomic E-state index is 11.2. The fourth-order valence-electron chi connectivity index (χ4n) is 0. The monoisotopic (exact) mass is 462 g/mol. The van der Waals surface area contributed by atoms with Crippen LogP contribution in [0.3, 0.4) is 0 Å². The topological polar surface area (TPSA) is 95.2 Å². The third-order valence-electron chi connectivity index (χ3n) is 0. The zero-order valence-corrected chi connectivity index (χ0v) is 14.3. The van der Waals surface area contributed by atoms with Gasteiger partial charge in [0.25, 0.3) is 0 Å². The SMILES string of the molecule is CC#N.CC#N.CC#N.CC#N.[Cu+].[F][Sb-]([F])([F])([F])([F])[F]. The Bertz CT molecular complexity index is 307. The van der Waals surface area contributed by atoms with Gasteiger partial charge in [0.2, 0.25) is 0 Å². The van der Waals surface area contributed by atoms with Crippen LogP contribution in [0.1, 0.15) is 27.7 Å². The second kappa shape index (κ2) is 15.9. The molecular weight excluding hydrogens is 451 g/mol. The zero-order valence-electron chi connectivity index (χ0n) is 10.8. The zero-order chi connectivity index (χ0) is 17.2. The molecule has 20 heavy (non-hydrogen) atoms. The molecule has 0 bridgehead atoms. The Labute approximate surface area is 126 Å². The number of hydrogen-bond acceptors (Lipinski definition) is 4. The van der Waals surface area contributed by atoms with Crippen LogP contribution in [0.4, 0.5) is 16.9 Å². The van der Waals surface area contributed by atoms with Gasteiger partial charge in [0.15, 0.2) is 0 Å². The van der Waals surface area contributed by atoms with Crippen LogP contribution in [-0.2, 0) is 17.1 Å². The van der Waals surface area contributed by atoms with Gasteiger partial charge in [-0.1, -0.05) is 0 Å². The fraction of sp³-hybridized carbons (Fsp3) is 0.500. The Morgan fingerprint density at radius 1 is 0.550 bits per heavy atom. The predicted octanol–water partition coefficient (Wildman–Crippen LogP) is 4.26. The summed E-state index contributed by atoms with van der Waals surface area (Å²) in [5.74, 6) is 0. The Kier molecular flexibility index (Phi) is 29.0. The van der Waals surface area contributed by atoms with Crippen molar-refractivity contribution in [3.63, 3.8) is 0 Å². The molecule has 4 nitrogen and oxygen atoms in total. The average molecular weight is 464 g/mol. The van der Waals surface area contributed by atoms with Crippen LogP contribution < -0.4 is 0 Å². The van der Waals surface area contributed by atoms with Crippen molar-refractivity contribution in [2.75, 3.05) is 0 Å². The van der Waals surface area contributed by atoms with Crippen LogP contribution in [-0.4, -0.2) is 19.5 Å². The third-order valence-corrected chi connectivity index (χ3v) is 0. The molecule has 12 heteroatoms. The summed E-state index contributed by atoms with van der Waals surface area (Å²) in [5.41, 5.74) is 0. The average Bonchev–Trinajstić information content (AvgIpc) is 2.01. The molecule has 0 fully saturated rings. The minimum absolute atomic E-state index is 0. The van der Waals surface area contributed by atoms with Gasteiger partial charge in [-0.25, -0.2) is 0 Å². The second-order valence-corrected chi connectivity index (χ2v) is 7.32. The van der Waals surface area contributed by atoms with Gasteiger partial charge >= 0.3 is 53.4 Å². The summed E-state index contributed by atoms with van der Waals surface area (Å²) in [6.45, 7) is 5.72. The Morgan fingerprint density at radius 2 is 0.550 bits per heavy atom. The van der Waals surface area contributed by atoms with E-state index in [0.717, 1.165) is 0 Å². The first-order valence-electron chi connectivity index (χ1n) is 3.91. The molecule has 0 aromatic carbocycles. The van der Waals surface area contributed by atoms with Crippen molar-refractivity contribution in [1.82, 2.24) is 0 Å². The van der Waals surface area contributed by atoms with Gasteiger partial charge in [0, 0.05) is 27.7 Å². The molecule has 0 saturated heterocycles. The van der Waals surface area contributed by atoms with E-state index in [-0.39, 0.29) is 17.1 Å². The molecule has 0 radical (unpaired) electrons. The molecule has 0 rings (SSSR count). The van der Waals surface area contributed by atoms with E-state index in [1.54, 1.807) is 24.3 Å². The van der Waals surface area contributed by atoms with E-state index in [1.165, 1.54) is 27.7 Å². The maximum atomic E-state index is 9.93. The molecule has 0 aromatic heterocycles. The molecular formula is C8H12CuF6N4Sb. The van der Waals surface area contributed by atoms with E-state index in [9.17, 15) is 16.9 Å². The van der Waals surface area contributed by atoms with E-state index < -0.39 is 19.5 Å². The third kappa shape index (κ3) is 3380. The predicted molar refractivity (Wildman–Crippen MR) is 57.6 cm³/mol. The number of halogens is 6. The standard InChI is InChI=1S/4C2H3N.Cu.6FH.Sb/c4*1-2-3;;;;;;;;/h4*1H3;;6*1H;/q;;;;+1;;;;;;;+5/p-6. The summed E-state index contributed by atoms with van der Waals surface area (Å²) in [6, 6.07) is 7.00. The molecule has 0 aliphatic carbocycles. The van der Waals surface area contributed by atoms with E-state index in [4.69, 9.17) is 21.0 Å². The first-order chi connectivity index (χ1) is 8.11. The van der Waals surface area contributed by atoms with Gasteiger partial charge < -0.3 is 0 Å².